The molecule has 0 aliphatic heterocycles. The van der Waals surface area contributed by atoms with Gasteiger partial charge in [-0.1, -0.05) is 42.5 Å². The number of hydrogen-bond donors (Lipinski definition) is 1. The van der Waals surface area contributed by atoms with Crippen molar-refractivity contribution in [3.05, 3.63) is 65.2 Å². The lowest BCUT2D eigenvalue weighted by atomic mass is 10.1. The highest BCUT2D eigenvalue weighted by Gasteiger charge is 2.31. The molecule has 7 nitrogen and oxygen atoms in total. The predicted octanol–water partition coefficient (Wildman–Crippen LogP) is 3.71. The summed E-state index contributed by atoms with van der Waals surface area (Å²) in [6.45, 7) is 9.24. The van der Waals surface area contributed by atoms with Crippen LogP contribution >= 0.6 is 0 Å². The Morgan fingerprint density at radius 2 is 1.56 bits per heavy atom. The van der Waals surface area contributed by atoms with Crippen LogP contribution in [0, 0.1) is 6.92 Å². The van der Waals surface area contributed by atoms with Crippen LogP contribution in [-0.4, -0.2) is 55.1 Å². The Morgan fingerprint density at radius 3 is 2.19 bits per heavy atom. The topological polar surface area (TPSA) is 81.7 Å². The lowest BCUT2D eigenvalue weighted by Crippen LogP contribution is -2.55. The molecule has 0 heterocycles. The summed E-state index contributed by atoms with van der Waals surface area (Å²) in [6, 6.07) is 14.7. The van der Waals surface area contributed by atoms with Crippen molar-refractivity contribution in [3.63, 3.8) is 0 Å². The molecule has 0 fully saturated rings. The van der Waals surface area contributed by atoms with Crippen LogP contribution in [0.25, 0.3) is 0 Å². The number of esters is 2. The molecular weight excluding hydrogens is 408 g/mol. The van der Waals surface area contributed by atoms with Gasteiger partial charge in [0.25, 0.3) is 5.91 Å². The third-order valence-corrected chi connectivity index (χ3v) is 5.56. The molecule has 0 atom stereocenters. The van der Waals surface area contributed by atoms with Crippen LogP contribution in [-0.2, 0) is 25.7 Å². The molecular formula is C25H33N2O5+. The average Bonchev–Trinajstić information content (AvgIpc) is 2.79. The summed E-state index contributed by atoms with van der Waals surface area (Å²) in [5.74, 6) is -1.11. The number of aryl methyl sites for hydroxylation is 1. The first-order chi connectivity index (χ1) is 15.3. The van der Waals surface area contributed by atoms with Gasteiger partial charge in [0, 0.05) is 0 Å². The van der Waals surface area contributed by atoms with Gasteiger partial charge in [-0.05, 0) is 44.9 Å². The molecule has 0 unspecified atom stereocenters. The number of nitrogens with one attached hydrogen (secondary N) is 1. The van der Waals surface area contributed by atoms with Gasteiger partial charge < -0.3 is 19.3 Å². The minimum absolute atomic E-state index is 0.0873. The molecule has 32 heavy (non-hydrogen) atoms. The zero-order valence-electron chi connectivity index (χ0n) is 19.3. The van der Waals surface area contributed by atoms with Gasteiger partial charge in [0.1, 0.15) is 6.61 Å². The van der Waals surface area contributed by atoms with E-state index in [1.807, 2.05) is 57.2 Å². The van der Waals surface area contributed by atoms with Gasteiger partial charge in [0.2, 0.25) is 0 Å². The molecule has 0 aliphatic carbocycles. The maximum absolute atomic E-state index is 13.0. The van der Waals surface area contributed by atoms with Gasteiger partial charge in [-0.3, -0.25) is 4.79 Å². The molecule has 1 N–H and O–H groups in total. The van der Waals surface area contributed by atoms with Crippen LogP contribution in [0.4, 0.5) is 5.69 Å². The van der Waals surface area contributed by atoms with E-state index in [4.69, 9.17) is 9.47 Å². The third kappa shape index (κ3) is 6.92. The van der Waals surface area contributed by atoms with Crippen molar-refractivity contribution in [2.75, 3.05) is 38.1 Å². The van der Waals surface area contributed by atoms with Crippen molar-refractivity contribution in [2.45, 2.75) is 34.3 Å². The Bertz CT molecular complexity index is 923. The predicted molar refractivity (Wildman–Crippen MR) is 123 cm³/mol. The van der Waals surface area contributed by atoms with Gasteiger partial charge in [0.05, 0.1) is 30.9 Å². The maximum atomic E-state index is 13.0. The Balaban J connectivity index is 2.08. The molecule has 0 radical (unpaired) electrons. The molecule has 172 valence electrons. The Labute approximate surface area is 189 Å². The number of likely N-dealkylation sites (N-methyl/N-ethyl adjacent to an activating group) is 1. The van der Waals surface area contributed by atoms with E-state index in [0.29, 0.717) is 24.3 Å². The van der Waals surface area contributed by atoms with Crippen molar-refractivity contribution in [2.24, 2.45) is 0 Å². The highest BCUT2D eigenvalue weighted by atomic mass is 16.5. The van der Waals surface area contributed by atoms with E-state index in [1.165, 1.54) is 0 Å². The number of ether oxygens (including phenoxy) is 2. The van der Waals surface area contributed by atoms with Crippen LogP contribution in [0.5, 0.6) is 0 Å². The van der Waals surface area contributed by atoms with E-state index in [2.05, 4.69) is 5.32 Å². The van der Waals surface area contributed by atoms with E-state index < -0.39 is 5.97 Å². The first kappa shape index (κ1) is 25.1. The molecule has 0 spiro atoms. The van der Waals surface area contributed by atoms with E-state index >= 15 is 0 Å². The number of hydrogen-bond acceptors (Lipinski definition) is 5. The lowest BCUT2D eigenvalue weighted by Gasteiger charge is -2.35. The Morgan fingerprint density at radius 1 is 0.875 bits per heavy atom. The van der Waals surface area contributed by atoms with Gasteiger partial charge in [0.15, 0.2) is 13.1 Å². The third-order valence-electron chi connectivity index (χ3n) is 5.56. The van der Waals surface area contributed by atoms with E-state index in [1.54, 1.807) is 19.1 Å². The van der Waals surface area contributed by atoms with Crippen LogP contribution in [0.1, 0.15) is 42.3 Å². The summed E-state index contributed by atoms with van der Waals surface area (Å²) >= 11 is 0. The minimum atomic E-state index is -0.484. The van der Waals surface area contributed by atoms with Gasteiger partial charge >= 0.3 is 11.9 Å². The highest BCUT2D eigenvalue weighted by molar-refractivity contribution is 6.02. The minimum Gasteiger partial charge on any atom is -0.462 e. The number of carbonyl (C=O) groups excluding carboxylic acids is 3. The normalized spacial score (nSPS) is 11.0. The van der Waals surface area contributed by atoms with Gasteiger partial charge in [-0.25, -0.2) is 9.59 Å². The number of rotatable bonds is 11. The average molecular weight is 442 g/mol. The fraction of sp³-hybridized carbons (Fsp3) is 0.400. The number of nitrogens with zero attached hydrogens (tertiary/aromatic N) is 1. The van der Waals surface area contributed by atoms with Crippen molar-refractivity contribution < 1.29 is 28.3 Å². The Kier molecular flexibility index (Phi) is 9.40. The molecule has 2 aromatic rings. The second kappa shape index (κ2) is 12.0. The summed E-state index contributed by atoms with van der Waals surface area (Å²) < 4.78 is 10.8. The van der Waals surface area contributed by atoms with Crippen LogP contribution < -0.4 is 5.32 Å². The number of anilines is 1. The van der Waals surface area contributed by atoms with Crippen LogP contribution in [0.3, 0.4) is 0 Å². The first-order valence-corrected chi connectivity index (χ1v) is 10.9. The summed E-state index contributed by atoms with van der Waals surface area (Å²) in [5.41, 5.74) is 2.43. The molecule has 0 saturated carbocycles. The molecule has 1 amide bonds. The van der Waals surface area contributed by atoms with Crippen molar-refractivity contribution in [1.82, 2.24) is 0 Å². The van der Waals surface area contributed by atoms with E-state index in [9.17, 15) is 14.4 Å². The first-order valence-electron chi connectivity index (χ1n) is 10.9. The van der Waals surface area contributed by atoms with Crippen LogP contribution in [0.15, 0.2) is 48.5 Å². The SMILES string of the molecule is CCOC(=O)c1cccc(C)c1NC(=O)C[N+](CC)(CC)CC(=O)OCc1ccccc1. The second-order valence-corrected chi connectivity index (χ2v) is 7.70. The Hall–Kier alpha value is -3.19. The zero-order chi connectivity index (χ0) is 23.6. The smallest absolute Gasteiger partial charge is 0.362 e. The van der Waals surface area contributed by atoms with Crippen molar-refractivity contribution in [3.8, 4) is 0 Å². The number of para-hydroxylation sites is 1. The maximum Gasteiger partial charge on any atom is 0.362 e. The summed E-state index contributed by atoms with van der Waals surface area (Å²) in [6.07, 6.45) is 0. The number of amides is 1. The number of carbonyl (C=O) groups is 3. The molecule has 0 aromatic heterocycles. The van der Waals surface area contributed by atoms with Gasteiger partial charge in [-0.15, -0.1) is 0 Å². The molecule has 7 heteroatoms. The second-order valence-electron chi connectivity index (χ2n) is 7.70. The van der Waals surface area contributed by atoms with E-state index in [-0.39, 0.29) is 42.7 Å². The lowest BCUT2D eigenvalue weighted by molar-refractivity contribution is -0.910. The summed E-state index contributed by atoms with van der Waals surface area (Å²) in [4.78, 5) is 37.8. The quantitative estimate of drug-likeness (QED) is 0.425. The summed E-state index contributed by atoms with van der Waals surface area (Å²) in [7, 11) is 0. The number of benzene rings is 2. The van der Waals surface area contributed by atoms with Gasteiger partial charge in [-0.2, -0.15) is 0 Å². The largest absolute Gasteiger partial charge is 0.462 e. The van der Waals surface area contributed by atoms with Crippen molar-refractivity contribution >= 4 is 23.5 Å². The zero-order valence-corrected chi connectivity index (χ0v) is 19.3. The molecule has 2 rings (SSSR count). The monoisotopic (exact) mass is 441 g/mol. The fourth-order valence-electron chi connectivity index (χ4n) is 3.48. The molecule has 0 saturated heterocycles. The molecule has 0 bridgehead atoms. The summed E-state index contributed by atoms with van der Waals surface area (Å²) in [5, 5.41) is 2.87. The standard InChI is InChI=1S/C25H32N2O5/c1-5-27(6-2,17-23(29)32-18-20-13-9-8-10-14-20)16-22(28)26-24-19(4)12-11-15-21(24)25(30)31-7-3/h8-15H,5-7,16-18H2,1-4H3/p+1. The van der Waals surface area contributed by atoms with E-state index in [0.717, 1.165) is 11.1 Å². The molecule has 0 aliphatic rings. The molecule has 2 aromatic carbocycles. The number of quaternary nitrogens is 1. The van der Waals surface area contributed by atoms with Crippen molar-refractivity contribution in [1.29, 1.82) is 0 Å². The highest BCUT2D eigenvalue weighted by Crippen LogP contribution is 2.22. The van der Waals surface area contributed by atoms with Crippen LogP contribution in [0.2, 0.25) is 0 Å². The fourth-order valence-corrected chi connectivity index (χ4v) is 3.48.